The van der Waals surface area contributed by atoms with Gasteiger partial charge in [-0.05, 0) is 17.2 Å². The summed E-state index contributed by atoms with van der Waals surface area (Å²) in [5.74, 6) is 0.700. The van der Waals surface area contributed by atoms with E-state index in [9.17, 15) is 0 Å². The Morgan fingerprint density at radius 2 is 1.42 bits per heavy atom. The summed E-state index contributed by atoms with van der Waals surface area (Å²) in [7, 11) is 0. The van der Waals surface area contributed by atoms with Gasteiger partial charge in [0.25, 0.3) is 0 Å². The SMILES string of the molecule is NC1(Cc2ccccc2)N=C(NCc2ccccc2)Nc2ccccc21. The van der Waals surface area contributed by atoms with Crippen LogP contribution in [0.4, 0.5) is 5.69 Å². The third-order valence-corrected chi connectivity index (χ3v) is 4.58. The number of guanidine groups is 1. The molecule has 130 valence electrons. The van der Waals surface area contributed by atoms with Crippen molar-refractivity contribution in [3.05, 3.63) is 102 Å². The van der Waals surface area contributed by atoms with E-state index >= 15 is 0 Å². The van der Waals surface area contributed by atoms with Crippen LogP contribution in [0.15, 0.2) is 89.9 Å². The zero-order valence-electron chi connectivity index (χ0n) is 14.5. The number of nitrogens with one attached hydrogen (secondary N) is 2. The van der Waals surface area contributed by atoms with E-state index in [4.69, 9.17) is 10.7 Å². The van der Waals surface area contributed by atoms with Crippen LogP contribution < -0.4 is 16.4 Å². The number of benzene rings is 3. The smallest absolute Gasteiger partial charge is 0.198 e. The molecule has 0 aromatic heterocycles. The predicted molar refractivity (Wildman–Crippen MR) is 107 cm³/mol. The van der Waals surface area contributed by atoms with Gasteiger partial charge < -0.3 is 16.4 Å². The molecule has 4 N–H and O–H groups in total. The number of hydrogen-bond acceptors (Lipinski definition) is 4. The molecule has 26 heavy (non-hydrogen) atoms. The van der Waals surface area contributed by atoms with Gasteiger partial charge in [-0.15, -0.1) is 0 Å². The first-order chi connectivity index (χ1) is 12.7. The van der Waals surface area contributed by atoms with E-state index in [-0.39, 0.29) is 0 Å². The van der Waals surface area contributed by atoms with Crippen molar-refractivity contribution in [1.29, 1.82) is 0 Å². The maximum absolute atomic E-state index is 6.79. The lowest BCUT2D eigenvalue weighted by atomic mass is 9.91. The fraction of sp³-hybridized carbons (Fsp3) is 0.136. The number of para-hydroxylation sites is 1. The molecular weight excluding hydrogens is 320 g/mol. The molecule has 4 nitrogen and oxygen atoms in total. The topological polar surface area (TPSA) is 62.4 Å². The summed E-state index contributed by atoms with van der Waals surface area (Å²) < 4.78 is 0. The van der Waals surface area contributed by atoms with Crippen LogP contribution in [0.1, 0.15) is 16.7 Å². The maximum atomic E-state index is 6.79. The molecule has 0 fully saturated rings. The highest BCUT2D eigenvalue weighted by Gasteiger charge is 2.33. The van der Waals surface area contributed by atoms with Gasteiger partial charge in [-0.2, -0.15) is 0 Å². The number of anilines is 1. The monoisotopic (exact) mass is 342 g/mol. The van der Waals surface area contributed by atoms with E-state index in [1.807, 2.05) is 60.7 Å². The van der Waals surface area contributed by atoms with Crippen molar-refractivity contribution < 1.29 is 0 Å². The molecule has 1 heterocycles. The standard InChI is InChI=1S/C22H22N4/c23-22(15-17-9-3-1-4-10-17)19-13-7-8-14-20(19)25-21(26-22)24-16-18-11-5-2-6-12-18/h1-14H,15-16,23H2,(H2,24,25,26). The third kappa shape index (κ3) is 3.46. The Labute approximate surface area is 153 Å². The van der Waals surface area contributed by atoms with Crippen LogP contribution >= 0.6 is 0 Å². The summed E-state index contributed by atoms with van der Waals surface area (Å²) in [5, 5.41) is 6.75. The summed E-state index contributed by atoms with van der Waals surface area (Å²) >= 11 is 0. The van der Waals surface area contributed by atoms with Gasteiger partial charge in [0.05, 0.1) is 0 Å². The minimum atomic E-state index is -0.803. The molecule has 0 bridgehead atoms. The van der Waals surface area contributed by atoms with Crippen LogP contribution in [0.3, 0.4) is 0 Å². The number of aliphatic imine (C=N–C) groups is 1. The first kappa shape index (κ1) is 16.4. The predicted octanol–water partition coefficient (Wildman–Crippen LogP) is 3.61. The fourth-order valence-corrected chi connectivity index (χ4v) is 3.29. The van der Waals surface area contributed by atoms with Crippen molar-refractivity contribution >= 4 is 11.6 Å². The number of fused-ring (bicyclic) bond motifs is 1. The minimum absolute atomic E-state index is 0.642. The van der Waals surface area contributed by atoms with Gasteiger partial charge in [-0.1, -0.05) is 78.9 Å². The zero-order chi connectivity index (χ0) is 17.8. The van der Waals surface area contributed by atoms with Crippen LogP contribution in [-0.2, 0) is 18.6 Å². The molecule has 1 atom stereocenters. The van der Waals surface area contributed by atoms with E-state index < -0.39 is 5.66 Å². The number of rotatable bonds is 4. The second-order valence-electron chi connectivity index (χ2n) is 6.56. The molecule has 0 radical (unpaired) electrons. The van der Waals surface area contributed by atoms with Gasteiger partial charge in [0.1, 0.15) is 5.66 Å². The van der Waals surface area contributed by atoms with E-state index in [1.54, 1.807) is 0 Å². The van der Waals surface area contributed by atoms with Gasteiger partial charge >= 0.3 is 0 Å². The van der Waals surface area contributed by atoms with E-state index in [1.165, 1.54) is 5.56 Å². The number of nitrogens with zero attached hydrogens (tertiary/aromatic N) is 1. The Hall–Kier alpha value is -3.11. The van der Waals surface area contributed by atoms with Crippen molar-refractivity contribution in [2.45, 2.75) is 18.6 Å². The van der Waals surface area contributed by atoms with Gasteiger partial charge in [-0.25, -0.2) is 4.99 Å². The molecule has 0 saturated heterocycles. The van der Waals surface area contributed by atoms with Crippen molar-refractivity contribution in [2.75, 3.05) is 5.32 Å². The molecule has 1 aliphatic rings. The lowest BCUT2D eigenvalue weighted by Gasteiger charge is -2.33. The minimum Gasteiger partial charge on any atom is -0.352 e. The molecule has 0 spiro atoms. The highest BCUT2D eigenvalue weighted by atomic mass is 15.2. The van der Waals surface area contributed by atoms with Gasteiger partial charge in [0.15, 0.2) is 5.96 Å². The lowest BCUT2D eigenvalue weighted by molar-refractivity contribution is 0.460. The molecular formula is C22H22N4. The van der Waals surface area contributed by atoms with Gasteiger partial charge in [-0.3, -0.25) is 0 Å². The fourth-order valence-electron chi connectivity index (χ4n) is 3.29. The quantitative estimate of drug-likeness (QED) is 0.679. The lowest BCUT2D eigenvalue weighted by Crippen LogP contribution is -2.46. The summed E-state index contributed by atoms with van der Waals surface area (Å²) in [6.07, 6.45) is 0.642. The molecule has 1 aliphatic heterocycles. The Bertz CT molecular complexity index is 906. The average molecular weight is 342 g/mol. The van der Waals surface area contributed by atoms with Crippen LogP contribution in [0, 0.1) is 0 Å². The first-order valence-corrected chi connectivity index (χ1v) is 8.80. The Balaban J connectivity index is 1.62. The van der Waals surface area contributed by atoms with Crippen molar-refractivity contribution in [1.82, 2.24) is 5.32 Å². The highest BCUT2D eigenvalue weighted by Crippen LogP contribution is 2.33. The second-order valence-corrected chi connectivity index (χ2v) is 6.56. The van der Waals surface area contributed by atoms with Gasteiger partial charge in [0, 0.05) is 24.2 Å². The molecule has 4 rings (SSSR count). The maximum Gasteiger partial charge on any atom is 0.198 e. The molecule has 0 amide bonds. The third-order valence-electron chi connectivity index (χ3n) is 4.58. The molecule has 0 saturated carbocycles. The van der Waals surface area contributed by atoms with Crippen molar-refractivity contribution in [3.63, 3.8) is 0 Å². The Kier molecular flexibility index (Phi) is 4.42. The van der Waals surface area contributed by atoms with Crippen molar-refractivity contribution in [2.24, 2.45) is 10.7 Å². The van der Waals surface area contributed by atoms with Crippen molar-refractivity contribution in [3.8, 4) is 0 Å². The number of nitrogens with two attached hydrogens (primary N) is 1. The first-order valence-electron chi connectivity index (χ1n) is 8.80. The van der Waals surface area contributed by atoms with Crippen LogP contribution in [0.2, 0.25) is 0 Å². The zero-order valence-corrected chi connectivity index (χ0v) is 14.5. The second kappa shape index (κ2) is 7.02. The molecule has 4 heteroatoms. The van der Waals surface area contributed by atoms with Crippen LogP contribution in [-0.4, -0.2) is 5.96 Å². The van der Waals surface area contributed by atoms with E-state index in [2.05, 4.69) is 34.9 Å². The Morgan fingerprint density at radius 1 is 0.808 bits per heavy atom. The van der Waals surface area contributed by atoms with E-state index in [0.29, 0.717) is 18.9 Å². The average Bonchev–Trinajstić information content (AvgIpc) is 2.68. The van der Waals surface area contributed by atoms with Crippen LogP contribution in [0.5, 0.6) is 0 Å². The van der Waals surface area contributed by atoms with Gasteiger partial charge in [0.2, 0.25) is 0 Å². The van der Waals surface area contributed by atoms with Crippen LogP contribution in [0.25, 0.3) is 0 Å². The summed E-state index contributed by atoms with van der Waals surface area (Å²) in [6, 6.07) is 28.6. The van der Waals surface area contributed by atoms with E-state index in [0.717, 1.165) is 16.8 Å². The summed E-state index contributed by atoms with van der Waals surface area (Å²) in [4.78, 5) is 4.84. The summed E-state index contributed by atoms with van der Waals surface area (Å²) in [6.45, 7) is 0.691. The normalized spacial score (nSPS) is 18.4. The molecule has 3 aromatic carbocycles. The highest BCUT2D eigenvalue weighted by molar-refractivity contribution is 5.96. The molecule has 3 aromatic rings. The Morgan fingerprint density at radius 3 is 2.15 bits per heavy atom. The number of hydrogen-bond donors (Lipinski definition) is 3. The molecule has 0 aliphatic carbocycles. The molecule has 1 unspecified atom stereocenters. The summed E-state index contributed by atoms with van der Waals surface area (Å²) in [5.41, 5.74) is 10.4. The largest absolute Gasteiger partial charge is 0.352 e.